The minimum Gasteiger partial charge on any atom is -0.462 e. The van der Waals surface area contributed by atoms with Gasteiger partial charge in [-0.1, -0.05) is 0 Å². The van der Waals surface area contributed by atoms with Gasteiger partial charge in [-0.25, -0.2) is 0 Å². The Morgan fingerprint density at radius 2 is 2.38 bits per heavy atom. The van der Waals surface area contributed by atoms with Crippen LogP contribution in [-0.2, 0) is 6.61 Å². The van der Waals surface area contributed by atoms with Crippen LogP contribution in [0.15, 0.2) is 16.5 Å². The van der Waals surface area contributed by atoms with Gasteiger partial charge in [0.15, 0.2) is 0 Å². The van der Waals surface area contributed by atoms with Gasteiger partial charge >= 0.3 is 0 Å². The van der Waals surface area contributed by atoms with Crippen molar-refractivity contribution in [3.8, 4) is 0 Å². The minimum absolute atomic E-state index is 0. The van der Waals surface area contributed by atoms with Crippen molar-refractivity contribution in [2.24, 2.45) is 0 Å². The van der Waals surface area contributed by atoms with Crippen molar-refractivity contribution in [1.29, 1.82) is 0 Å². The highest BCUT2D eigenvalue weighted by atomic mass is 35.5. The fraction of sp³-hybridized carbons (Fsp3) is 0.556. The number of hydrogen-bond acceptors (Lipinski definition) is 3. The monoisotopic (exact) mass is 203 g/mol. The van der Waals surface area contributed by atoms with E-state index >= 15 is 0 Å². The first kappa shape index (κ1) is 10.6. The summed E-state index contributed by atoms with van der Waals surface area (Å²) in [6, 6.07) is 4.13. The molecule has 3 nitrogen and oxygen atoms in total. The number of rotatable bonds is 2. The number of halogens is 1. The lowest BCUT2D eigenvalue weighted by Gasteiger charge is -2.04. The zero-order valence-corrected chi connectivity index (χ0v) is 8.14. The molecule has 1 saturated heterocycles. The third-order valence-electron chi connectivity index (χ3n) is 2.24. The molecule has 0 bridgehead atoms. The number of aliphatic hydroxyl groups excluding tert-OH is 1. The first-order valence-electron chi connectivity index (χ1n) is 4.33. The molecule has 1 atom stereocenters. The smallest absolute Gasteiger partial charge is 0.129 e. The van der Waals surface area contributed by atoms with Gasteiger partial charge in [0, 0.05) is 0 Å². The van der Waals surface area contributed by atoms with E-state index in [4.69, 9.17) is 9.52 Å². The predicted molar refractivity (Wildman–Crippen MR) is 51.9 cm³/mol. The van der Waals surface area contributed by atoms with Crippen molar-refractivity contribution in [1.82, 2.24) is 5.32 Å². The Balaban J connectivity index is 0.000000845. The molecule has 0 aliphatic carbocycles. The van der Waals surface area contributed by atoms with Gasteiger partial charge in [-0.15, -0.1) is 12.4 Å². The molecule has 1 aromatic heterocycles. The average Bonchev–Trinajstić information content (AvgIpc) is 2.75. The molecular weight excluding hydrogens is 190 g/mol. The fourth-order valence-corrected chi connectivity index (χ4v) is 1.59. The Morgan fingerprint density at radius 3 is 2.92 bits per heavy atom. The Labute approximate surface area is 83.5 Å². The second-order valence-corrected chi connectivity index (χ2v) is 3.11. The highest BCUT2D eigenvalue weighted by Gasteiger charge is 2.18. The van der Waals surface area contributed by atoms with Crippen LogP contribution < -0.4 is 5.32 Å². The van der Waals surface area contributed by atoms with Crippen LogP contribution in [0.5, 0.6) is 0 Å². The van der Waals surface area contributed by atoms with Gasteiger partial charge in [-0.05, 0) is 31.5 Å². The second kappa shape index (κ2) is 4.65. The molecule has 4 heteroatoms. The van der Waals surface area contributed by atoms with Crippen LogP contribution in [0.25, 0.3) is 0 Å². The summed E-state index contributed by atoms with van der Waals surface area (Å²) < 4.78 is 5.40. The summed E-state index contributed by atoms with van der Waals surface area (Å²) >= 11 is 0. The van der Waals surface area contributed by atoms with Crippen LogP contribution in [0.4, 0.5) is 0 Å². The van der Waals surface area contributed by atoms with Crippen molar-refractivity contribution >= 4 is 12.4 Å². The van der Waals surface area contributed by atoms with E-state index in [2.05, 4.69) is 5.32 Å². The van der Waals surface area contributed by atoms with Crippen molar-refractivity contribution in [3.63, 3.8) is 0 Å². The van der Waals surface area contributed by atoms with Crippen molar-refractivity contribution in [3.05, 3.63) is 23.7 Å². The summed E-state index contributed by atoms with van der Waals surface area (Å²) in [5.41, 5.74) is 0. The second-order valence-electron chi connectivity index (χ2n) is 3.11. The highest BCUT2D eigenvalue weighted by Crippen LogP contribution is 2.24. The van der Waals surface area contributed by atoms with E-state index in [9.17, 15) is 0 Å². The molecular formula is C9H14ClNO2. The first-order valence-corrected chi connectivity index (χ1v) is 4.33. The molecule has 2 rings (SSSR count). The summed E-state index contributed by atoms with van der Waals surface area (Å²) in [7, 11) is 0. The highest BCUT2D eigenvalue weighted by molar-refractivity contribution is 5.85. The topological polar surface area (TPSA) is 45.4 Å². The van der Waals surface area contributed by atoms with Crippen LogP contribution in [0.2, 0.25) is 0 Å². The molecule has 2 heterocycles. The molecule has 1 fully saturated rings. The van der Waals surface area contributed by atoms with E-state index in [0.29, 0.717) is 11.8 Å². The maximum Gasteiger partial charge on any atom is 0.129 e. The van der Waals surface area contributed by atoms with Crippen LogP contribution in [0.3, 0.4) is 0 Å². The Kier molecular flexibility index (Phi) is 3.78. The SMILES string of the molecule is Cl.OCc1ccc([C@H]2CCCN2)o1. The standard InChI is InChI=1S/C9H13NO2.ClH/c11-6-7-3-4-9(12-7)8-2-1-5-10-8;/h3-4,8,10-11H,1-2,5-6H2;1H/t8-;/m1./s1. The van der Waals surface area contributed by atoms with Gasteiger partial charge < -0.3 is 14.8 Å². The largest absolute Gasteiger partial charge is 0.462 e. The average molecular weight is 204 g/mol. The normalized spacial score (nSPS) is 21.5. The third kappa shape index (κ3) is 2.24. The fourth-order valence-electron chi connectivity index (χ4n) is 1.59. The molecule has 2 N–H and O–H groups in total. The summed E-state index contributed by atoms with van der Waals surface area (Å²) in [5, 5.41) is 12.1. The zero-order valence-electron chi connectivity index (χ0n) is 7.32. The van der Waals surface area contributed by atoms with Gasteiger partial charge in [-0.3, -0.25) is 0 Å². The van der Waals surface area contributed by atoms with Gasteiger partial charge in [-0.2, -0.15) is 0 Å². The third-order valence-corrected chi connectivity index (χ3v) is 2.24. The number of aliphatic hydroxyl groups is 1. The number of nitrogens with one attached hydrogen (secondary N) is 1. The molecule has 1 aliphatic heterocycles. The lowest BCUT2D eigenvalue weighted by Crippen LogP contribution is -2.11. The summed E-state index contributed by atoms with van der Waals surface area (Å²) in [5.74, 6) is 1.61. The lowest BCUT2D eigenvalue weighted by atomic mass is 10.2. The van der Waals surface area contributed by atoms with Gasteiger partial charge in [0.2, 0.25) is 0 Å². The molecule has 13 heavy (non-hydrogen) atoms. The molecule has 0 unspecified atom stereocenters. The molecule has 0 radical (unpaired) electrons. The van der Waals surface area contributed by atoms with E-state index in [0.717, 1.165) is 18.7 Å². The maximum atomic E-state index is 8.78. The van der Waals surface area contributed by atoms with E-state index in [1.54, 1.807) is 0 Å². The van der Waals surface area contributed by atoms with Gasteiger partial charge in [0.25, 0.3) is 0 Å². The van der Waals surface area contributed by atoms with E-state index in [-0.39, 0.29) is 19.0 Å². The first-order chi connectivity index (χ1) is 5.90. The minimum atomic E-state index is -0.00722. The van der Waals surface area contributed by atoms with E-state index in [1.165, 1.54) is 6.42 Å². The van der Waals surface area contributed by atoms with Gasteiger partial charge in [0.1, 0.15) is 18.1 Å². The predicted octanol–water partition coefficient (Wildman–Crippen LogP) is 1.62. The molecule has 0 amide bonds. The van der Waals surface area contributed by atoms with Crippen molar-refractivity contribution in [2.45, 2.75) is 25.5 Å². The van der Waals surface area contributed by atoms with Crippen LogP contribution in [0, 0.1) is 0 Å². The number of hydrogen-bond donors (Lipinski definition) is 2. The van der Waals surface area contributed by atoms with Gasteiger partial charge in [0.05, 0.1) is 6.04 Å². The Hall–Kier alpha value is -0.510. The Morgan fingerprint density at radius 1 is 1.54 bits per heavy atom. The van der Waals surface area contributed by atoms with E-state index in [1.807, 2.05) is 12.1 Å². The molecule has 0 spiro atoms. The van der Waals surface area contributed by atoms with Crippen molar-refractivity contribution < 1.29 is 9.52 Å². The molecule has 1 aromatic rings. The summed E-state index contributed by atoms with van der Waals surface area (Å²) in [4.78, 5) is 0. The van der Waals surface area contributed by atoms with Crippen LogP contribution >= 0.6 is 12.4 Å². The van der Waals surface area contributed by atoms with Crippen molar-refractivity contribution in [2.75, 3.05) is 6.54 Å². The summed E-state index contributed by atoms with van der Waals surface area (Å²) in [6.45, 7) is 1.06. The molecule has 74 valence electrons. The van der Waals surface area contributed by atoms with E-state index < -0.39 is 0 Å². The zero-order chi connectivity index (χ0) is 8.39. The summed E-state index contributed by atoms with van der Waals surface area (Å²) in [6.07, 6.45) is 2.35. The van der Waals surface area contributed by atoms with Crippen LogP contribution in [-0.4, -0.2) is 11.7 Å². The number of furan rings is 1. The maximum absolute atomic E-state index is 8.78. The molecule has 1 aliphatic rings. The Bertz CT molecular complexity index is 256. The quantitative estimate of drug-likeness (QED) is 0.768. The lowest BCUT2D eigenvalue weighted by molar-refractivity contribution is 0.240. The van der Waals surface area contributed by atoms with Crippen LogP contribution in [0.1, 0.15) is 30.4 Å². The molecule has 0 saturated carbocycles. The molecule has 0 aromatic carbocycles.